The Morgan fingerprint density at radius 1 is 1.21 bits per heavy atom. The summed E-state index contributed by atoms with van der Waals surface area (Å²) in [6.45, 7) is 4.38. The quantitative estimate of drug-likeness (QED) is 0.837. The maximum Gasteiger partial charge on any atom is 0.185 e. The SMILES string of the molecule is CN1CCN(c2nc(-c3cccc(Br)c3)cs2)CC1. The number of halogens is 1. The van der Waals surface area contributed by atoms with E-state index in [-0.39, 0.29) is 0 Å². The monoisotopic (exact) mass is 337 g/mol. The number of likely N-dealkylation sites (N-methyl/N-ethyl adjacent to an activating group) is 1. The molecule has 100 valence electrons. The van der Waals surface area contributed by atoms with E-state index in [0.29, 0.717) is 0 Å². The van der Waals surface area contributed by atoms with Crippen LogP contribution < -0.4 is 4.90 Å². The maximum atomic E-state index is 4.78. The summed E-state index contributed by atoms with van der Waals surface area (Å²) in [5.41, 5.74) is 2.24. The summed E-state index contributed by atoms with van der Waals surface area (Å²) in [5.74, 6) is 0. The van der Waals surface area contributed by atoms with Gasteiger partial charge in [-0.05, 0) is 19.2 Å². The van der Waals surface area contributed by atoms with E-state index in [4.69, 9.17) is 4.98 Å². The summed E-state index contributed by atoms with van der Waals surface area (Å²) in [5, 5.41) is 3.29. The molecule has 0 unspecified atom stereocenters. The van der Waals surface area contributed by atoms with Crippen LogP contribution in [-0.2, 0) is 0 Å². The number of anilines is 1. The van der Waals surface area contributed by atoms with E-state index >= 15 is 0 Å². The minimum absolute atomic E-state index is 1.07. The average Bonchev–Trinajstić information content (AvgIpc) is 2.89. The van der Waals surface area contributed by atoms with Crippen molar-refractivity contribution < 1.29 is 0 Å². The summed E-state index contributed by atoms with van der Waals surface area (Å²) >= 11 is 5.25. The Kier molecular flexibility index (Phi) is 3.86. The molecule has 1 aliphatic rings. The molecule has 1 aromatic carbocycles. The van der Waals surface area contributed by atoms with Crippen molar-refractivity contribution in [1.82, 2.24) is 9.88 Å². The van der Waals surface area contributed by atoms with E-state index in [1.54, 1.807) is 11.3 Å². The second-order valence-electron chi connectivity index (χ2n) is 4.82. The van der Waals surface area contributed by atoms with E-state index < -0.39 is 0 Å². The zero-order valence-corrected chi connectivity index (χ0v) is 13.2. The molecule has 0 amide bonds. The van der Waals surface area contributed by atoms with Gasteiger partial charge in [0.05, 0.1) is 5.69 Å². The van der Waals surface area contributed by atoms with Gasteiger partial charge in [-0.1, -0.05) is 28.1 Å². The first kappa shape index (κ1) is 13.1. The van der Waals surface area contributed by atoms with Crippen LogP contribution in [0.15, 0.2) is 34.1 Å². The van der Waals surface area contributed by atoms with Gasteiger partial charge in [-0.15, -0.1) is 11.3 Å². The Morgan fingerprint density at radius 2 is 2.00 bits per heavy atom. The van der Waals surface area contributed by atoms with Gasteiger partial charge in [-0.3, -0.25) is 0 Å². The topological polar surface area (TPSA) is 19.4 Å². The van der Waals surface area contributed by atoms with Crippen LogP contribution in [0.25, 0.3) is 11.3 Å². The molecule has 1 aliphatic heterocycles. The van der Waals surface area contributed by atoms with Crippen LogP contribution in [0.2, 0.25) is 0 Å². The molecule has 19 heavy (non-hydrogen) atoms. The van der Waals surface area contributed by atoms with Crippen molar-refractivity contribution >= 4 is 32.4 Å². The zero-order chi connectivity index (χ0) is 13.2. The zero-order valence-electron chi connectivity index (χ0n) is 10.8. The molecule has 0 aliphatic carbocycles. The van der Waals surface area contributed by atoms with Crippen molar-refractivity contribution in [3.8, 4) is 11.3 Å². The van der Waals surface area contributed by atoms with Gasteiger partial charge < -0.3 is 9.80 Å². The third kappa shape index (κ3) is 2.99. The molecule has 2 heterocycles. The molecule has 0 spiro atoms. The maximum absolute atomic E-state index is 4.78. The molecule has 0 N–H and O–H groups in total. The normalized spacial score (nSPS) is 16.8. The third-order valence-corrected chi connectivity index (χ3v) is 4.78. The molecule has 5 heteroatoms. The number of benzene rings is 1. The number of hydrogen-bond acceptors (Lipinski definition) is 4. The number of piperazine rings is 1. The summed E-state index contributed by atoms with van der Waals surface area (Å²) < 4.78 is 1.10. The smallest absolute Gasteiger partial charge is 0.185 e. The van der Waals surface area contributed by atoms with Gasteiger partial charge in [0.1, 0.15) is 0 Å². The molecule has 2 aromatic rings. The van der Waals surface area contributed by atoms with Crippen molar-refractivity contribution in [1.29, 1.82) is 0 Å². The van der Waals surface area contributed by atoms with Crippen LogP contribution in [0.5, 0.6) is 0 Å². The van der Waals surface area contributed by atoms with E-state index in [9.17, 15) is 0 Å². The van der Waals surface area contributed by atoms with Gasteiger partial charge in [0.15, 0.2) is 5.13 Å². The third-order valence-electron chi connectivity index (χ3n) is 3.39. The van der Waals surface area contributed by atoms with Crippen molar-refractivity contribution in [2.75, 3.05) is 38.1 Å². The summed E-state index contributed by atoms with van der Waals surface area (Å²) in [6, 6.07) is 8.31. The Bertz CT molecular complexity index is 561. The molecule has 0 bridgehead atoms. The largest absolute Gasteiger partial charge is 0.346 e. The van der Waals surface area contributed by atoms with Gasteiger partial charge in [-0.2, -0.15) is 0 Å². The lowest BCUT2D eigenvalue weighted by molar-refractivity contribution is 0.313. The fourth-order valence-corrected chi connectivity index (χ4v) is 3.48. The predicted octanol–water partition coefficient (Wildman–Crippen LogP) is 3.32. The number of rotatable bonds is 2. The fourth-order valence-electron chi connectivity index (χ4n) is 2.19. The minimum Gasteiger partial charge on any atom is -0.346 e. The second kappa shape index (κ2) is 5.61. The molecule has 0 saturated carbocycles. The molecule has 1 saturated heterocycles. The van der Waals surface area contributed by atoms with Crippen molar-refractivity contribution in [2.45, 2.75) is 0 Å². The van der Waals surface area contributed by atoms with Crippen molar-refractivity contribution in [3.05, 3.63) is 34.1 Å². The molecule has 3 nitrogen and oxygen atoms in total. The highest BCUT2D eigenvalue weighted by Gasteiger charge is 2.17. The van der Waals surface area contributed by atoms with Crippen LogP contribution >= 0.6 is 27.3 Å². The molecule has 0 atom stereocenters. The van der Waals surface area contributed by atoms with Crippen molar-refractivity contribution in [2.24, 2.45) is 0 Å². The van der Waals surface area contributed by atoms with Gasteiger partial charge in [0.25, 0.3) is 0 Å². The lowest BCUT2D eigenvalue weighted by Gasteiger charge is -2.32. The fraction of sp³-hybridized carbons (Fsp3) is 0.357. The highest BCUT2D eigenvalue weighted by molar-refractivity contribution is 9.10. The summed E-state index contributed by atoms with van der Waals surface area (Å²) in [6.07, 6.45) is 0. The molecule has 0 radical (unpaired) electrons. The van der Waals surface area contributed by atoms with Gasteiger partial charge in [0.2, 0.25) is 0 Å². The summed E-state index contributed by atoms with van der Waals surface area (Å²) in [7, 11) is 2.17. The van der Waals surface area contributed by atoms with Crippen LogP contribution in [0.4, 0.5) is 5.13 Å². The Hall–Kier alpha value is -0.910. The first-order valence-corrected chi connectivity index (χ1v) is 8.04. The van der Waals surface area contributed by atoms with E-state index in [2.05, 4.69) is 50.3 Å². The average molecular weight is 338 g/mol. The first-order valence-electron chi connectivity index (χ1n) is 6.37. The lowest BCUT2D eigenvalue weighted by atomic mass is 10.2. The van der Waals surface area contributed by atoms with Gasteiger partial charge in [0, 0.05) is 41.6 Å². The van der Waals surface area contributed by atoms with E-state index in [0.717, 1.165) is 41.5 Å². The van der Waals surface area contributed by atoms with Crippen LogP contribution in [0.1, 0.15) is 0 Å². The van der Waals surface area contributed by atoms with Gasteiger partial charge >= 0.3 is 0 Å². The van der Waals surface area contributed by atoms with Gasteiger partial charge in [-0.25, -0.2) is 4.98 Å². The highest BCUT2D eigenvalue weighted by Crippen LogP contribution is 2.29. The van der Waals surface area contributed by atoms with Crippen LogP contribution in [0, 0.1) is 0 Å². The lowest BCUT2D eigenvalue weighted by Crippen LogP contribution is -2.44. The van der Waals surface area contributed by atoms with E-state index in [1.165, 1.54) is 5.56 Å². The van der Waals surface area contributed by atoms with E-state index in [1.807, 2.05) is 12.1 Å². The first-order chi connectivity index (χ1) is 9.22. The molecular weight excluding hydrogens is 322 g/mol. The predicted molar refractivity (Wildman–Crippen MR) is 85.0 cm³/mol. The Labute approximate surface area is 126 Å². The molecule has 1 aromatic heterocycles. The number of hydrogen-bond donors (Lipinski definition) is 0. The van der Waals surface area contributed by atoms with Crippen molar-refractivity contribution in [3.63, 3.8) is 0 Å². The standard InChI is InChI=1S/C14H16BrN3S/c1-17-5-7-18(8-6-17)14-16-13(10-19-14)11-3-2-4-12(15)9-11/h2-4,9-10H,5-8H2,1H3. The highest BCUT2D eigenvalue weighted by atomic mass is 79.9. The van der Waals surface area contributed by atoms with Crippen LogP contribution in [0.3, 0.4) is 0 Å². The Balaban J connectivity index is 1.80. The number of nitrogens with zero attached hydrogens (tertiary/aromatic N) is 3. The minimum atomic E-state index is 1.07. The number of thiazole rings is 1. The molecule has 3 rings (SSSR count). The van der Waals surface area contributed by atoms with Crippen LogP contribution in [-0.4, -0.2) is 43.1 Å². The molecule has 1 fully saturated rings. The molecular formula is C14H16BrN3S. The summed E-state index contributed by atoms with van der Waals surface area (Å²) in [4.78, 5) is 9.52. The number of aromatic nitrogens is 1. The second-order valence-corrected chi connectivity index (χ2v) is 6.57. The Morgan fingerprint density at radius 3 is 2.74 bits per heavy atom.